The number of aliphatic hydroxyl groups is 1. The van der Waals surface area contributed by atoms with E-state index in [1.165, 1.54) is 0 Å². The molecule has 1 saturated carbocycles. The number of rotatable bonds is 5. The molecule has 0 atom stereocenters. The highest BCUT2D eigenvalue weighted by Gasteiger charge is 2.42. The standard InChI is InChI=1S/C10H16N4O/c1-2-11-9-12-6-3-8(13-9)14-10(7-15)4-5-10/h3,6,15H,2,4-5,7H2,1H3,(H2,11,12,13,14). The lowest BCUT2D eigenvalue weighted by molar-refractivity contribution is 0.266. The van der Waals surface area contributed by atoms with Gasteiger partial charge in [-0.15, -0.1) is 0 Å². The maximum absolute atomic E-state index is 9.17. The fourth-order valence-corrected chi connectivity index (χ4v) is 1.42. The molecular formula is C10H16N4O. The number of hydrogen-bond donors (Lipinski definition) is 3. The van der Waals surface area contributed by atoms with Crippen molar-refractivity contribution in [3.63, 3.8) is 0 Å². The first-order chi connectivity index (χ1) is 7.28. The third kappa shape index (κ3) is 2.36. The van der Waals surface area contributed by atoms with Crippen LogP contribution in [0.25, 0.3) is 0 Å². The Bertz CT molecular complexity index is 338. The molecule has 0 radical (unpaired) electrons. The summed E-state index contributed by atoms with van der Waals surface area (Å²) in [6.07, 6.45) is 3.72. The second-order valence-corrected chi connectivity index (χ2v) is 3.86. The van der Waals surface area contributed by atoms with Crippen LogP contribution in [0.2, 0.25) is 0 Å². The van der Waals surface area contributed by atoms with Gasteiger partial charge in [-0.3, -0.25) is 0 Å². The van der Waals surface area contributed by atoms with Crippen LogP contribution >= 0.6 is 0 Å². The van der Waals surface area contributed by atoms with Crippen LogP contribution in [0, 0.1) is 0 Å². The van der Waals surface area contributed by atoms with E-state index >= 15 is 0 Å². The van der Waals surface area contributed by atoms with Gasteiger partial charge in [-0.1, -0.05) is 0 Å². The number of aliphatic hydroxyl groups excluding tert-OH is 1. The Labute approximate surface area is 88.9 Å². The van der Waals surface area contributed by atoms with E-state index in [-0.39, 0.29) is 12.1 Å². The maximum Gasteiger partial charge on any atom is 0.224 e. The SMILES string of the molecule is CCNc1nccc(NC2(CO)CC2)n1. The summed E-state index contributed by atoms with van der Waals surface area (Å²) in [6.45, 7) is 2.96. The van der Waals surface area contributed by atoms with Crippen molar-refractivity contribution in [1.29, 1.82) is 0 Å². The largest absolute Gasteiger partial charge is 0.394 e. The molecule has 1 aromatic rings. The molecule has 0 aromatic carbocycles. The van der Waals surface area contributed by atoms with Gasteiger partial charge in [0.1, 0.15) is 5.82 Å². The van der Waals surface area contributed by atoms with Crippen LogP contribution in [0.1, 0.15) is 19.8 Å². The summed E-state index contributed by atoms with van der Waals surface area (Å²) in [4.78, 5) is 8.37. The first kappa shape index (κ1) is 10.2. The van der Waals surface area contributed by atoms with Crippen LogP contribution in [0.15, 0.2) is 12.3 Å². The highest BCUT2D eigenvalue weighted by atomic mass is 16.3. The number of hydrogen-bond acceptors (Lipinski definition) is 5. The molecule has 15 heavy (non-hydrogen) atoms. The van der Waals surface area contributed by atoms with Gasteiger partial charge in [0.05, 0.1) is 12.1 Å². The molecule has 0 aliphatic heterocycles. The van der Waals surface area contributed by atoms with Crippen LogP contribution in [0.5, 0.6) is 0 Å². The summed E-state index contributed by atoms with van der Waals surface area (Å²) in [7, 11) is 0. The third-order valence-corrected chi connectivity index (χ3v) is 2.54. The highest BCUT2D eigenvalue weighted by Crippen LogP contribution is 2.37. The Morgan fingerprint density at radius 1 is 1.53 bits per heavy atom. The number of nitrogens with one attached hydrogen (secondary N) is 2. The Morgan fingerprint density at radius 3 is 2.93 bits per heavy atom. The molecule has 0 amide bonds. The zero-order valence-corrected chi connectivity index (χ0v) is 8.82. The number of nitrogens with zero attached hydrogens (tertiary/aromatic N) is 2. The Hall–Kier alpha value is -1.36. The molecular weight excluding hydrogens is 192 g/mol. The van der Waals surface area contributed by atoms with E-state index in [4.69, 9.17) is 5.11 Å². The van der Waals surface area contributed by atoms with E-state index in [0.29, 0.717) is 5.95 Å². The van der Waals surface area contributed by atoms with Crippen molar-refractivity contribution >= 4 is 11.8 Å². The van der Waals surface area contributed by atoms with Gasteiger partial charge in [-0.25, -0.2) is 4.98 Å². The van der Waals surface area contributed by atoms with Gasteiger partial charge >= 0.3 is 0 Å². The molecule has 0 spiro atoms. The normalized spacial score (nSPS) is 17.2. The lowest BCUT2D eigenvalue weighted by Crippen LogP contribution is -2.26. The molecule has 2 rings (SSSR count). The molecule has 1 fully saturated rings. The summed E-state index contributed by atoms with van der Waals surface area (Å²) in [6, 6.07) is 1.82. The van der Waals surface area contributed by atoms with Gasteiger partial charge in [-0.05, 0) is 25.8 Å². The number of aromatic nitrogens is 2. The highest BCUT2D eigenvalue weighted by molar-refractivity contribution is 5.43. The number of anilines is 2. The maximum atomic E-state index is 9.17. The molecule has 1 aliphatic carbocycles. The Kier molecular flexibility index (Phi) is 2.73. The molecule has 5 heteroatoms. The fourth-order valence-electron chi connectivity index (χ4n) is 1.42. The van der Waals surface area contributed by atoms with Gasteiger partial charge in [0.2, 0.25) is 5.95 Å². The molecule has 1 aliphatic rings. The predicted molar refractivity (Wildman–Crippen MR) is 58.9 cm³/mol. The fraction of sp³-hybridized carbons (Fsp3) is 0.600. The van der Waals surface area contributed by atoms with E-state index in [2.05, 4.69) is 20.6 Å². The van der Waals surface area contributed by atoms with Crippen LogP contribution in [0.4, 0.5) is 11.8 Å². The molecule has 1 heterocycles. The lowest BCUT2D eigenvalue weighted by atomic mass is 10.3. The van der Waals surface area contributed by atoms with Crippen molar-refractivity contribution in [2.75, 3.05) is 23.8 Å². The molecule has 82 valence electrons. The zero-order valence-electron chi connectivity index (χ0n) is 8.82. The molecule has 0 bridgehead atoms. The van der Waals surface area contributed by atoms with Crippen molar-refractivity contribution in [2.45, 2.75) is 25.3 Å². The van der Waals surface area contributed by atoms with Gasteiger partial charge in [-0.2, -0.15) is 4.98 Å². The van der Waals surface area contributed by atoms with Crippen molar-refractivity contribution in [2.24, 2.45) is 0 Å². The van der Waals surface area contributed by atoms with Gasteiger partial charge in [0, 0.05) is 12.7 Å². The summed E-state index contributed by atoms with van der Waals surface area (Å²) < 4.78 is 0. The Balaban J connectivity index is 2.05. The minimum absolute atomic E-state index is 0.127. The average molecular weight is 208 g/mol. The van der Waals surface area contributed by atoms with E-state index in [1.54, 1.807) is 6.20 Å². The second-order valence-electron chi connectivity index (χ2n) is 3.86. The molecule has 5 nitrogen and oxygen atoms in total. The topological polar surface area (TPSA) is 70.1 Å². The summed E-state index contributed by atoms with van der Waals surface area (Å²) >= 11 is 0. The molecule has 1 aromatic heterocycles. The minimum Gasteiger partial charge on any atom is -0.394 e. The van der Waals surface area contributed by atoms with E-state index in [1.807, 2.05) is 13.0 Å². The minimum atomic E-state index is -0.127. The van der Waals surface area contributed by atoms with Crippen molar-refractivity contribution < 1.29 is 5.11 Å². The predicted octanol–water partition coefficient (Wildman–Crippen LogP) is 0.845. The van der Waals surface area contributed by atoms with E-state index < -0.39 is 0 Å². The van der Waals surface area contributed by atoms with Gasteiger partial charge in [0.25, 0.3) is 0 Å². The third-order valence-electron chi connectivity index (χ3n) is 2.54. The average Bonchev–Trinajstić information content (AvgIpc) is 3.00. The van der Waals surface area contributed by atoms with Crippen molar-refractivity contribution in [1.82, 2.24) is 9.97 Å². The first-order valence-corrected chi connectivity index (χ1v) is 5.24. The summed E-state index contributed by atoms with van der Waals surface area (Å²) in [5.74, 6) is 1.39. The first-order valence-electron chi connectivity index (χ1n) is 5.24. The molecule has 3 N–H and O–H groups in total. The second kappa shape index (κ2) is 4.02. The van der Waals surface area contributed by atoms with Crippen LogP contribution in [-0.4, -0.2) is 33.8 Å². The quantitative estimate of drug-likeness (QED) is 0.669. The van der Waals surface area contributed by atoms with Gasteiger partial charge < -0.3 is 15.7 Å². The zero-order chi connectivity index (χ0) is 10.7. The van der Waals surface area contributed by atoms with E-state index in [0.717, 1.165) is 25.2 Å². The van der Waals surface area contributed by atoms with Gasteiger partial charge in [0.15, 0.2) is 0 Å². The van der Waals surface area contributed by atoms with Crippen molar-refractivity contribution in [3.05, 3.63) is 12.3 Å². The lowest BCUT2D eigenvalue weighted by Gasteiger charge is -2.15. The van der Waals surface area contributed by atoms with E-state index in [9.17, 15) is 0 Å². The monoisotopic (exact) mass is 208 g/mol. The van der Waals surface area contributed by atoms with Crippen LogP contribution in [0.3, 0.4) is 0 Å². The molecule has 0 unspecified atom stereocenters. The van der Waals surface area contributed by atoms with Crippen LogP contribution in [-0.2, 0) is 0 Å². The van der Waals surface area contributed by atoms with Crippen LogP contribution < -0.4 is 10.6 Å². The Morgan fingerprint density at radius 2 is 2.33 bits per heavy atom. The summed E-state index contributed by atoms with van der Waals surface area (Å²) in [5, 5.41) is 15.5. The smallest absolute Gasteiger partial charge is 0.224 e. The van der Waals surface area contributed by atoms with Crippen molar-refractivity contribution in [3.8, 4) is 0 Å². The molecule has 0 saturated heterocycles. The summed E-state index contributed by atoms with van der Waals surface area (Å²) in [5.41, 5.74) is -0.127.